The van der Waals surface area contributed by atoms with E-state index < -0.39 is 0 Å². The highest BCUT2D eigenvalue weighted by atomic mass is 16.5. The van der Waals surface area contributed by atoms with E-state index in [1.807, 2.05) is 35.0 Å². The van der Waals surface area contributed by atoms with E-state index in [0.29, 0.717) is 12.6 Å². The van der Waals surface area contributed by atoms with E-state index in [0.717, 1.165) is 46.6 Å². The third-order valence-corrected chi connectivity index (χ3v) is 5.76. The van der Waals surface area contributed by atoms with Gasteiger partial charge in [-0.3, -0.25) is 4.68 Å². The summed E-state index contributed by atoms with van der Waals surface area (Å²) in [5, 5.41) is 18.8. The molecule has 1 aliphatic carbocycles. The van der Waals surface area contributed by atoms with Crippen LogP contribution >= 0.6 is 0 Å². The van der Waals surface area contributed by atoms with Gasteiger partial charge in [0.25, 0.3) is 0 Å². The lowest BCUT2D eigenvalue weighted by molar-refractivity contribution is 0.333. The zero-order valence-corrected chi connectivity index (χ0v) is 16.5. The molecule has 1 fully saturated rings. The lowest BCUT2D eigenvalue weighted by Gasteiger charge is -2.23. The molecule has 2 aromatic heterocycles. The average Bonchev–Trinajstić information content (AvgIpc) is 3.39. The molecule has 29 heavy (non-hydrogen) atoms. The van der Waals surface area contributed by atoms with Gasteiger partial charge in [-0.1, -0.05) is 49.6 Å². The topological polar surface area (TPSA) is 70.7 Å². The van der Waals surface area contributed by atoms with Crippen LogP contribution in [-0.4, -0.2) is 37.1 Å². The second-order valence-corrected chi connectivity index (χ2v) is 7.61. The first kappa shape index (κ1) is 17.8. The SMILES string of the molecule is COc1ccc(Cn2nnnc2-c2c3ccccc3nn2C2CCCCC2)cc1. The van der Waals surface area contributed by atoms with Crippen molar-refractivity contribution < 1.29 is 4.74 Å². The van der Waals surface area contributed by atoms with Crippen LogP contribution in [-0.2, 0) is 6.54 Å². The Balaban J connectivity index is 1.58. The largest absolute Gasteiger partial charge is 0.497 e. The first-order valence-corrected chi connectivity index (χ1v) is 10.2. The highest BCUT2D eigenvalue weighted by molar-refractivity contribution is 5.91. The number of hydrogen-bond donors (Lipinski definition) is 0. The Morgan fingerprint density at radius 2 is 1.79 bits per heavy atom. The van der Waals surface area contributed by atoms with Crippen molar-refractivity contribution in [3.63, 3.8) is 0 Å². The molecule has 0 atom stereocenters. The molecule has 4 aromatic rings. The fraction of sp³-hybridized carbons (Fsp3) is 0.364. The number of rotatable bonds is 5. The van der Waals surface area contributed by atoms with Crippen molar-refractivity contribution >= 4 is 10.9 Å². The van der Waals surface area contributed by atoms with E-state index >= 15 is 0 Å². The predicted molar refractivity (Wildman–Crippen MR) is 111 cm³/mol. The van der Waals surface area contributed by atoms with Crippen LogP contribution in [0.1, 0.15) is 43.7 Å². The fourth-order valence-electron chi connectivity index (χ4n) is 4.25. The molecule has 1 saturated carbocycles. The number of hydrogen-bond acceptors (Lipinski definition) is 5. The smallest absolute Gasteiger partial charge is 0.201 e. The standard InChI is InChI=1S/C22H24N6O/c1-29-18-13-11-16(12-14-18)15-27-22(23-25-26-27)21-19-9-5-6-10-20(19)24-28(21)17-7-3-2-4-8-17/h5-6,9-14,17H,2-4,7-8,15H2,1H3. The van der Waals surface area contributed by atoms with Gasteiger partial charge in [0.05, 0.1) is 25.2 Å². The van der Waals surface area contributed by atoms with Gasteiger partial charge in [0.15, 0.2) is 0 Å². The van der Waals surface area contributed by atoms with E-state index in [-0.39, 0.29) is 0 Å². The molecule has 0 saturated heterocycles. The molecule has 0 amide bonds. The number of nitrogens with zero attached hydrogens (tertiary/aromatic N) is 6. The Labute approximate surface area is 169 Å². The summed E-state index contributed by atoms with van der Waals surface area (Å²) in [6.45, 7) is 0.594. The number of fused-ring (bicyclic) bond motifs is 1. The summed E-state index contributed by atoms with van der Waals surface area (Å²) in [6, 6.07) is 16.7. The quantitative estimate of drug-likeness (QED) is 0.511. The van der Waals surface area contributed by atoms with Gasteiger partial charge >= 0.3 is 0 Å². The second kappa shape index (κ2) is 7.66. The summed E-state index contributed by atoms with van der Waals surface area (Å²) in [6.07, 6.45) is 6.11. The van der Waals surface area contributed by atoms with Gasteiger partial charge < -0.3 is 4.74 Å². The van der Waals surface area contributed by atoms with Crippen LogP contribution in [0.5, 0.6) is 5.75 Å². The van der Waals surface area contributed by atoms with Crippen molar-refractivity contribution in [1.82, 2.24) is 30.0 Å². The molecule has 1 aliphatic rings. The number of tetrazole rings is 1. The van der Waals surface area contributed by atoms with Gasteiger partial charge in [-0.15, -0.1) is 5.10 Å². The van der Waals surface area contributed by atoms with Gasteiger partial charge in [0.2, 0.25) is 5.82 Å². The molecule has 2 aromatic carbocycles. The lowest BCUT2D eigenvalue weighted by atomic mass is 9.95. The molecule has 0 radical (unpaired) electrons. The van der Waals surface area contributed by atoms with Crippen LogP contribution in [0.3, 0.4) is 0 Å². The average molecular weight is 388 g/mol. The molecular weight excluding hydrogens is 364 g/mol. The highest BCUT2D eigenvalue weighted by Gasteiger charge is 2.25. The third kappa shape index (κ3) is 3.37. The maximum Gasteiger partial charge on any atom is 0.201 e. The molecular formula is C22H24N6O. The van der Waals surface area contributed by atoms with Crippen molar-refractivity contribution in [2.24, 2.45) is 0 Å². The number of methoxy groups -OCH3 is 1. The maximum absolute atomic E-state index is 5.26. The number of benzene rings is 2. The normalized spacial score (nSPS) is 15.1. The maximum atomic E-state index is 5.26. The van der Waals surface area contributed by atoms with Crippen LogP contribution in [0.15, 0.2) is 48.5 Å². The van der Waals surface area contributed by atoms with Crippen LogP contribution in [0.4, 0.5) is 0 Å². The zero-order valence-electron chi connectivity index (χ0n) is 16.5. The Kier molecular flexibility index (Phi) is 4.71. The zero-order chi connectivity index (χ0) is 19.6. The Hall–Kier alpha value is -3.22. The summed E-state index contributed by atoms with van der Waals surface area (Å²) in [5.41, 5.74) is 3.13. The Bertz CT molecular complexity index is 1110. The van der Waals surface area contributed by atoms with Gasteiger partial charge in [0.1, 0.15) is 11.4 Å². The summed E-state index contributed by atoms with van der Waals surface area (Å²) >= 11 is 0. The molecule has 0 N–H and O–H groups in total. The molecule has 148 valence electrons. The summed E-state index contributed by atoms with van der Waals surface area (Å²) in [7, 11) is 1.67. The predicted octanol–water partition coefficient (Wildman–Crippen LogP) is 4.25. The van der Waals surface area contributed by atoms with Crippen LogP contribution in [0.2, 0.25) is 0 Å². The Morgan fingerprint density at radius 1 is 1.00 bits per heavy atom. The van der Waals surface area contributed by atoms with Crippen molar-refractivity contribution in [2.45, 2.75) is 44.7 Å². The molecule has 7 nitrogen and oxygen atoms in total. The van der Waals surface area contributed by atoms with Crippen LogP contribution in [0.25, 0.3) is 22.4 Å². The molecule has 0 aliphatic heterocycles. The summed E-state index contributed by atoms with van der Waals surface area (Å²) in [4.78, 5) is 0. The molecule has 7 heteroatoms. The molecule has 2 heterocycles. The van der Waals surface area contributed by atoms with Crippen molar-refractivity contribution in [1.29, 1.82) is 0 Å². The third-order valence-electron chi connectivity index (χ3n) is 5.76. The highest BCUT2D eigenvalue weighted by Crippen LogP contribution is 2.35. The monoisotopic (exact) mass is 388 g/mol. The number of ether oxygens (including phenoxy) is 1. The van der Waals surface area contributed by atoms with Crippen LogP contribution in [0, 0.1) is 0 Å². The van der Waals surface area contributed by atoms with Crippen molar-refractivity contribution in [2.75, 3.05) is 7.11 Å². The number of aromatic nitrogens is 6. The lowest BCUT2D eigenvalue weighted by Crippen LogP contribution is -2.16. The van der Waals surface area contributed by atoms with Gasteiger partial charge in [-0.2, -0.15) is 5.10 Å². The Morgan fingerprint density at radius 3 is 2.59 bits per heavy atom. The molecule has 5 rings (SSSR count). The van der Waals surface area contributed by atoms with E-state index in [4.69, 9.17) is 9.84 Å². The van der Waals surface area contributed by atoms with Crippen molar-refractivity contribution in [3.05, 3.63) is 54.1 Å². The minimum atomic E-state index is 0.400. The first-order valence-electron chi connectivity index (χ1n) is 10.2. The van der Waals surface area contributed by atoms with E-state index in [1.54, 1.807) is 7.11 Å². The molecule has 0 bridgehead atoms. The van der Waals surface area contributed by atoms with Crippen LogP contribution < -0.4 is 4.74 Å². The minimum Gasteiger partial charge on any atom is -0.497 e. The van der Waals surface area contributed by atoms with E-state index in [1.165, 1.54) is 19.3 Å². The van der Waals surface area contributed by atoms with E-state index in [2.05, 4.69) is 38.4 Å². The van der Waals surface area contributed by atoms with Gasteiger partial charge in [-0.05, 0) is 47.0 Å². The summed E-state index contributed by atoms with van der Waals surface area (Å²) in [5.74, 6) is 1.60. The van der Waals surface area contributed by atoms with Crippen molar-refractivity contribution in [3.8, 4) is 17.3 Å². The molecule has 0 unspecified atom stereocenters. The summed E-state index contributed by atoms with van der Waals surface area (Å²) < 4.78 is 9.31. The second-order valence-electron chi connectivity index (χ2n) is 7.61. The van der Waals surface area contributed by atoms with Gasteiger partial charge in [-0.25, -0.2) is 4.68 Å². The first-order chi connectivity index (χ1) is 14.3. The molecule has 0 spiro atoms. The van der Waals surface area contributed by atoms with Gasteiger partial charge in [0, 0.05) is 5.39 Å². The van der Waals surface area contributed by atoms with E-state index in [9.17, 15) is 0 Å². The minimum absolute atomic E-state index is 0.400. The fourth-order valence-corrected chi connectivity index (χ4v) is 4.25.